The molecular weight excluding hydrogens is 346 g/mol. The van der Waals surface area contributed by atoms with Gasteiger partial charge in [-0.15, -0.1) is 0 Å². The molecule has 2 aliphatic rings. The van der Waals surface area contributed by atoms with Crippen molar-refractivity contribution in [3.8, 4) is 0 Å². The van der Waals surface area contributed by atoms with Gasteiger partial charge >= 0.3 is 5.97 Å². The van der Waals surface area contributed by atoms with E-state index in [9.17, 15) is 19.2 Å². The first-order chi connectivity index (χ1) is 13.0. The van der Waals surface area contributed by atoms with Crippen molar-refractivity contribution in [1.82, 2.24) is 0 Å². The molecule has 0 saturated heterocycles. The maximum atomic E-state index is 12.9. The molecular formula is C21H17NO5. The number of benzene rings is 2. The molecule has 27 heavy (non-hydrogen) atoms. The summed E-state index contributed by atoms with van der Waals surface area (Å²) in [7, 11) is 0. The second-order valence-corrected chi connectivity index (χ2v) is 6.91. The largest absolute Gasteiger partial charge is 0.455 e. The molecule has 2 aromatic rings. The van der Waals surface area contributed by atoms with Crippen LogP contribution in [-0.4, -0.2) is 30.0 Å². The average Bonchev–Trinajstić information content (AvgIpc) is 3.41. The fourth-order valence-electron chi connectivity index (χ4n) is 3.33. The molecule has 6 nitrogen and oxygen atoms in total. The summed E-state index contributed by atoms with van der Waals surface area (Å²) in [5, 5.41) is 2.59. The van der Waals surface area contributed by atoms with E-state index >= 15 is 0 Å². The Labute approximate surface area is 155 Å². The smallest absolute Gasteiger partial charge is 0.309 e. The van der Waals surface area contributed by atoms with E-state index < -0.39 is 12.5 Å². The maximum absolute atomic E-state index is 12.9. The number of ketones is 2. The molecule has 0 aliphatic heterocycles. The molecule has 1 N–H and O–H groups in total. The van der Waals surface area contributed by atoms with Gasteiger partial charge < -0.3 is 10.1 Å². The molecule has 1 saturated carbocycles. The highest BCUT2D eigenvalue weighted by molar-refractivity contribution is 6.30. The lowest BCUT2D eigenvalue weighted by Gasteiger charge is -2.20. The highest BCUT2D eigenvalue weighted by Gasteiger charge is 2.40. The lowest BCUT2D eigenvalue weighted by molar-refractivity contribution is -0.148. The van der Waals surface area contributed by atoms with E-state index in [4.69, 9.17) is 4.74 Å². The van der Waals surface area contributed by atoms with Crippen molar-refractivity contribution in [1.29, 1.82) is 0 Å². The van der Waals surface area contributed by atoms with Crippen LogP contribution < -0.4 is 5.32 Å². The summed E-state index contributed by atoms with van der Waals surface area (Å²) in [5.41, 5.74) is 1.31. The van der Waals surface area contributed by atoms with Gasteiger partial charge in [0, 0.05) is 16.7 Å². The number of carbonyl (C=O) groups excluding carboxylic acids is 4. The summed E-state index contributed by atoms with van der Waals surface area (Å²) in [4.78, 5) is 49.5. The standard InChI is InChI=1S/C21H17NO5/c1-11-9-15(11)21(26)27-10-17(23)22-16-8-4-7-14-18(16)20(25)13-6-3-2-5-12(13)19(14)24/h2-8,11,15H,9-10H2,1H3,(H,22,23)/t11-,15+/m1/s1. The number of ether oxygens (including phenoxy) is 1. The Morgan fingerprint density at radius 3 is 2.30 bits per heavy atom. The van der Waals surface area contributed by atoms with E-state index in [0.717, 1.165) is 6.42 Å². The Morgan fingerprint density at radius 1 is 1.00 bits per heavy atom. The van der Waals surface area contributed by atoms with Gasteiger partial charge in [0.05, 0.1) is 17.2 Å². The fraction of sp³-hybridized carbons (Fsp3) is 0.238. The highest BCUT2D eigenvalue weighted by atomic mass is 16.5. The minimum Gasteiger partial charge on any atom is -0.455 e. The van der Waals surface area contributed by atoms with Crippen LogP contribution in [0.25, 0.3) is 0 Å². The molecule has 0 aromatic heterocycles. The Bertz CT molecular complexity index is 994. The van der Waals surface area contributed by atoms with Crippen molar-refractivity contribution in [2.75, 3.05) is 11.9 Å². The first kappa shape index (κ1) is 17.1. The van der Waals surface area contributed by atoms with Gasteiger partial charge in [-0.25, -0.2) is 0 Å². The fourth-order valence-corrected chi connectivity index (χ4v) is 3.33. The number of fused-ring (bicyclic) bond motifs is 2. The molecule has 1 amide bonds. The zero-order chi connectivity index (χ0) is 19.1. The zero-order valence-electron chi connectivity index (χ0n) is 14.7. The quantitative estimate of drug-likeness (QED) is 0.720. The summed E-state index contributed by atoms with van der Waals surface area (Å²) >= 11 is 0. The van der Waals surface area contributed by atoms with Crippen molar-refractivity contribution in [3.05, 3.63) is 64.7 Å². The van der Waals surface area contributed by atoms with Crippen LogP contribution in [0, 0.1) is 11.8 Å². The first-order valence-electron chi connectivity index (χ1n) is 8.75. The van der Waals surface area contributed by atoms with Crippen molar-refractivity contribution in [2.45, 2.75) is 13.3 Å². The van der Waals surface area contributed by atoms with Crippen molar-refractivity contribution in [3.63, 3.8) is 0 Å². The number of carbonyl (C=O) groups is 4. The molecule has 4 rings (SSSR count). The molecule has 0 heterocycles. The van der Waals surface area contributed by atoms with Gasteiger partial charge in [0.15, 0.2) is 18.2 Å². The summed E-state index contributed by atoms with van der Waals surface area (Å²) in [5.74, 6) is -1.34. The summed E-state index contributed by atoms with van der Waals surface area (Å²) in [6, 6.07) is 11.3. The molecule has 0 radical (unpaired) electrons. The van der Waals surface area contributed by atoms with Crippen LogP contribution in [0.3, 0.4) is 0 Å². The summed E-state index contributed by atoms with van der Waals surface area (Å²) in [6.45, 7) is 1.52. The molecule has 6 heteroatoms. The van der Waals surface area contributed by atoms with Crippen LogP contribution in [0.5, 0.6) is 0 Å². The van der Waals surface area contributed by atoms with Gasteiger partial charge in [-0.3, -0.25) is 19.2 Å². The van der Waals surface area contributed by atoms with Gasteiger partial charge in [0.2, 0.25) is 0 Å². The van der Waals surface area contributed by atoms with Crippen molar-refractivity contribution in [2.24, 2.45) is 11.8 Å². The monoisotopic (exact) mass is 363 g/mol. The van der Waals surface area contributed by atoms with Gasteiger partial charge in [-0.1, -0.05) is 43.3 Å². The molecule has 0 spiro atoms. The van der Waals surface area contributed by atoms with Crippen LogP contribution in [-0.2, 0) is 14.3 Å². The molecule has 136 valence electrons. The second-order valence-electron chi connectivity index (χ2n) is 6.91. The number of rotatable bonds is 4. The van der Waals surface area contributed by atoms with E-state index in [0.29, 0.717) is 17.0 Å². The molecule has 0 bridgehead atoms. The van der Waals surface area contributed by atoms with Gasteiger partial charge in [0.25, 0.3) is 5.91 Å². The molecule has 2 aromatic carbocycles. The number of hydrogen-bond acceptors (Lipinski definition) is 5. The average molecular weight is 363 g/mol. The number of esters is 1. The van der Waals surface area contributed by atoms with E-state index in [-0.39, 0.29) is 40.3 Å². The van der Waals surface area contributed by atoms with E-state index in [2.05, 4.69) is 5.32 Å². The maximum Gasteiger partial charge on any atom is 0.309 e. The van der Waals surface area contributed by atoms with Crippen LogP contribution in [0.1, 0.15) is 45.2 Å². The van der Waals surface area contributed by atoms with Crippen molar-refractivity contribution < 1.29 is 23.9 Å². The lowest BCUT2D eigenvalue weighted by atomic mass is 9.83. The topological polar surface area (TPSA) is 89.5 Å². The summed E-state index contributed by atoms with van der Waals surface area (Å²) < 4.78 is 5.02. The number of hydrogen-bond donors (Lipinski definition) is 1. The number of amides is 1. The van der Waals surface area contributed by atoms with E-state index in [1.807, 2.05) is 6.92 Å². The summed E-state index contributed by atoms with van der Waals surface area (Å²) in [6.07, 6.45) is 0.780. The van der Waals surface area contributed by atoms with Gasteiger partial charge in [-0.2, -0.15) is 0 Å². The van der Waals surface area contributed by atoms with Crippen LogP contribution >= 0.6 is 0 Å². The van der Waals surface area contributed by atoms with E-state index in [1.165, 1.54) is 0 Å². The third-order valence-electron chi connectivity index (χ3n) is 4.98. The Balaban J connectivity index is 1.55. The third kappa shape index (κ3) is 3.03. The predicted molar refractivity (Wildman–Crippen MR) is 96.6 cm³/mol. The molecule has 2 atom stereocenters. The molecule has 0 unspecified atom stereocenters. The Hall–Kier alpha value is -3.28. The van der Waals surface area contributed by atoms with Gasteiger partial charge in [-0.05, 0) is 18.4 Å². The van der Waals surface area contributed by atoms with Crippen LogP contribution in [0.15, 0.2) is 42.5 Å². The van der Waals surface area contributed by atoms with Crippen LogP contribution in [0.4, 0.5) is 5.69 Å². The van der Waals surface area contributed by atoms with Gasteiger partial charge in [0.1, 0.15) is 0 Å². The van der Waals surface area contributed by atoms with E-state index in [1.54, 1.807) is 42.5 Å². The zero-order valence-corrected chi connectivity index (χ0v) is 14.7. The first-order valence-corrected chi connectivity index (χ1v) is 8.75. The molecule has 2 aliphatic carbocycles. The SMILES string of the molecule is C[C@@H]1C[C@@H]1C(=O)OCC(=O)Nc1cccc2c1C(=O)c1ccccc1C2=O. The highest BCUT2D eigenvalue weighted by Crippen LogP contribution is 2.38. The number of nitrogens with one attached hydrogen (secondary N) is 1. The normalized spacial score (nSPS) is 19.7. The minimum atomic E-state index is -0.552. The Kier molecular flexibility index (Phi) is 4.11. The van der Waals surface area contributed by atoms with Crippen molar-refractivity contribution >= 4 is 29.1 Å². The Morgan fingerprint density at radius 2 is 1.63 bits per heavy atom. The lowest BCUT2D eigenvalue weighted by Crippen LogP contribution is -2.26. The molecule has 1 fully saturated rings. The van der Waals surface area contributed by atoms with Crippen LogP contribution in [0.2, 0.25) is 0 Å². The third-order valence-corrected chi connectivity index (χ3v) is 4.98. The minimum absolute atomic E-state index is 0.127. The number of anilines is 1. The second kappa shape index (κ2) is 6.46. The predicted octanol–water partition coefficient (Wildman–Crippen LogP) is 2.60.